The lowest BCUT2D eigenvalue weighted by Gasteiger charge is -2.31. The number of halogens is 1. The summed E-state index contributed by atoms with van der Waals surface area (Å²) in [6, 6.07) is 4.27. The van der Waals surface area contributed by atoms with Crippen molar-refractivity contribution in [3.05, 3.63) is 36.0 Å². The molecule has 2 aromatic rings. The van der Waals surface area contributed by atoms with Gasteiger partial charge >= 0.3 is 0 Å². The van der Waals surface area contributed by atoms with Crippen molar-refractivity contribution in [3.63, 3.8) is 0 Å². The number of piperidine rings is 1. The summed E-state index contributed by atoms with van der Waals surface area (Å²) in [5.74, 6) is 3.69. The molecule has 3 heterocycles. The number of pyridine rings is 1. The maximum Gasteiger partial charge on any atom is 0.191 e. The Hall–Kier alpha value is -1.91. The molecule has 0 saturated carbocycles. The lowest BCUT2D eigenvalue weighted by Crippen LogP contribution is -2.38. The second-order valence-electron chi connectivity index (χ2n) is 7.34. The van der Waals surface area contributed by atoms with Crippen LogP contribution in [0, 0.1) is 5.92 Å². The van der Waals surface area contributed by atoms with Crippen LogP contribution >= 0.6 is 24.0 Å². The van der Waals surface area contributed by atoms with Crippen LogP contribution in [0.15, 0.2) is 29.6 Å². The van der Waals surface area contributed by atoms with Crippen LogP contribution < -0.4 is 15.5 Å². The summed E-state index contributed by atoms with van der Waals surface area (Å²) in [6.07, 6.45) is 7.11. The Labute approximate surface area is 190 Å². The molecule has 0 spiro atoms. The molecule has 1 aliphatic heterocycles. The Morgan fingerprint density at radius 3 is 2.69 bits per heavy atom. The highest BCUT2D eigenvalue weighted by Crippen LogP contribution is 2.21. The molecule has 2 aromatic heterocycles. The number of hydrogen-bond donors (Lipinski definition) is 2. The van der Waals surface area contributed by atoms with E-state index < -0.39 is 0 Å². The third-order valence-electron chi connectivity index (χ3n) is 5.26. The molecule has 8 nitrogen and oxygen atoms in total. The number of nitrogens with zero attached hydrogens (tertiary/aromatic N) is 6. The molecule has 3 rings (SSSR count). The van der Waals surface area contributed by atoms with Crippen molar-refractivity contribution in [1.82, 2.24) is 30.4 Å². The zero-order chi connectivity index (χ0) is 19.8. The van der Waals surface area contributed by atoms with Gasteiger partial charge in [0.25, 0.3) is 0 Å². The van der Waals surface area contributed by atoms with E-state index in [2.05, 4.69) is 66.3 Å². The largest absolute Gasteiger partial charge is 0.357 e. The van der Waals surface area contributed by atoms with Gasteiger partial charge in [0, 0.05) is 52.4 Å². The van der Waals surface area contributed by atoms with Gasteiger partial charge in [0.1, 0.15) is 18.0 Å². The molecule has 29 heavy (non-hydrogen) atoms. The predicted molar refractivity (Wildman–Crippen MR) is 128 cm³/mol. The topological polar surface area (TPSA) is 83.3 Å². The summed E-state index contributed by atoms with van der Waals surface area (Å²) >= 11 is 0. The molecular weight excluding hydrogens is 479 g/mol. The van der Waals surface area contributed by atoms with Crippen molar-refractivity contribution in [1.29, 1.82) is 0 Å². The van der Waals surface area contributed by atoms with Crippen molar-refractivity contribution in [2.75, 3.05) is 31.6 Å². The Bertz CT molecular complexity index is 750. The van der Waals surface area contributed by atoms with Gasteiger partial charge in [-0.05, 0) is 30.4 Å². The summed E-state index contributed by atoms with van der Waals surface area (Å²) in [5.41, 5.74) is 1.14. The van der Waals surface area contributed by atoms with Crippen molar-refractivity contribution >= 4 is 35.8 Å². The highest BCUT2D eigenvalue weighted by atomic mass is 127. The minimum Gasteiger partial charge on any atom is -0.357 e. The monoisotopic (exact) mass is 512 g/mol. The number of anilines is 1. The molecule has 0 atom stereocenters. The van der Waals surface area contributed by atoms with E-state index in [1.807, 2.05) is 6.20 Å². The van der Waals surface area contributed by atoms with Crippen molar-refractivity contribution in [3.8, 4) is 0 Å². The standard InChI is InChI=1S/C20H32N8.HI/c1-4-18-26-25-15-28(18)12-9-22-20(21-3)24-14-17-5-6-19(23-13-17)27-10-7-16(2)8-11-27;/h5-6,13,15-16H,4,7-12,14H2,1-3H3,(H2,21,22,24);1H. The van der Waals surface area contributed by atoms with E-state index >= 15 is 0 Å². The fourth-order valence-electron chi connectivity index (χ4n) is 3.39. The van der Waals surface area contributed by atoms with E-state index in [9.17, 15) is 0 Å². The molecule has 0 amide bonds. The summed E-state index contributed by atoms with van der Waals surface area (Å²) in [5, 5.41) is 14.7. The van der Waals surface area contributed by atoms with Gasteiger partial charge in [0.15, 0.2) is 5.96 Å². The summed E-state index contributed by atoms with van der Waals surface area (Å²) < 4.78 is 2.06. The van der Waals surface area contributed by atoms with Crippen LogP contribution in [0.5, 0.6) is 0 Å². The lowest BCUT2D eigenvalue weighted by molar-refractivity contribution is 0.436. The van der Waals surface area contributed by atoms with E-state index in [-0.39, 0.29) is 24.0 Å². The van der Waals surface area contributed by atoms with E-state index in [0.717, 1.165) is 61.7 Å². The Morgan fingerprint density at radius 1 is 1.24 bits per heavy atom. The number of hydrogen-bond acceptors (Lipinski definition) is 5. The lowest BCUT2D eigenvalue weighted by atomic mass is 9.99. The average molecular weight is 512 g/mol. The molecular formula is C20H33IN8. The van der Waals surface area contributed by atoms with Gasteiger partial charge in [-0.3, -0.25) is 4.99 Å². The van der Waals surface area contributed by atoms with Crippen LogP contribution in [0.1, 0.15) is 38.1 Å². The van der Waals surface area contributed by atoms with Gasteiger partial charge in [-0.2, -0.15) is 0 Å². The summed E-state index contributed by atoms with van der Waals surface area (Å²) in [7, 11) is 1.78. The van der Waals surface area contributed by atoms with Gasteiger partial charge in [0.05, 0.1) is 0 Å². The quantitative estimate of drug-likeness (QED) is 0.337. The first-order valence-corrected chi connectivity index (χ1v) is 10.2. The smallest absolute Gasteiger partial charge is 0.191 e. The molecule has 9 heteroatoms. The molecule has 1 fully saturated rings. The minimum absolute atomic E-state index is 0. The zero-order valence-electron chi connectivity index (χ0n) is 17.6. The molecule has 160 valence electrons. The molecule has 0 bridgehead atoms. The van der Waals surface area contributed by atoms with Crippen molar-refractivity contribution in [2.45, 2.75) is 46.2 Å². The Balaban J connectivity index is 0.00000300. The molecule has 0 aromatic carbocycles. The fourth-order valence-corrected chi connectivity index (χ4v) is 3.39. The van der Waals surface area contributed by atoms with Crippen LogP contribution in [0.3, 0.4) is 0 Å². The number of nitrogens with one attached hydrogen (secondary N) is 2. The normalized spacial score (nSPS) is 15.1. The van der Waals surface area contributed by atoms with Crippen LogP contribution in [0.4, 0.5) is 5.82 Å². The predicted octanol–water partition coefficient (Wildman–Crippen LogP) is 2.46. The minimum atomic E-state index is 0. The number of guanidine groups is 1. The maximum atomic E-state index is 4.65. The first-order chi connectivity index (χ1) is 13.7. The second-order valence-corrected chi connectivity index (χ2v) is 7.34. The highest BCUT2D eigenvalue weighted by molar-refractivity contribution is 14.0. The van der Waals surface area contributed by atoms with E-state index in [0.29, 0.717) is 6.54 Å². The van der Waals surface area contributed by atoms with E-state index in [1.54, 1.807) is 13.4 Å². The third-order valence-corrected chi connectivity index (χ3v) is 5.26. The van der Waals surface area contributed by atoms with Gasteiger partial charge in [-0.1, -0.05) is 19.9 Å². The number of aromatic nitrogens is 4. The number of aryl methyl sites for hydroxylation is 1. The van der Waals surface area contributed by atoms with Crippen LogP contribution in [0.2, 0.25) is 0 Å². The van der Waals surface area contributed by atoms with Gasteiger partial charge in [-0.25, -0.2) is 4.98 Å². The fraction of sp³-hybridized carbons (Fsp3) is 0.600. The second kappa shape index (κ2) is 11.9. The number of rotatable bonds is 7. The molecule has 2 N–H and O–H groups in total. The molecule has 0 aliphatic carbocycles. The third kappa shape index (κ3) is 6.83. The summed E-state index contributed by atoms with van der Waals surface area (Å²) in [4.78, 5) is 11.3. The van der Waals surface area contributed by atoms with E-state index in [4.69, 9.17) is 0 Å². The highest BCUT2D eigenvalue weighted by Gasteiger charge is 2.16. The molecule has 1 aliphatic rings. The molecule has 0 radical (unpaired) electrons. The van der Waals surface area contributed by atoms with Crippen molar-refractivity contribution in [2.24, 2.45) is 10.9 Å². The van der Waals surface area contributed by atoms with Crippen LogP contribution in [-0.2, 0) is 19.5 Å². The maximum absolute atomic E-state index is 4.65. The van der Waals surface area contributed by atoms with Crippen LogP contribution in [-0.4, -0.2) is 52.4 Å². The van der Waals surface area contributed by atoms with Gasteiger partial charge in [-0.15, -0.1) is 34.2 Å². The molecule has 0 unspecified atom stereocenters. The van der Waals surface area contributed by atoms with Gasteiger partial charge in [0.2, 0.25) is 0 Å². The number of aliphatic imine (C=N–C) groups is 1. The van der Waals surface area contributed by atoms with Crippen molar-refractivity contribution < 1.29 is 0 Å². The average Bonchev–Trinajstić information content (AvgIpc) is 3.19. The van der Waals surface area contributed by atoms with E-state index in [1.165, 1.54) is 12.8 Å². The van der Waals surface area contributed by atoms with Gasteiger partial charge < -0.3 is 20.1 Å². The first kappa shape index (κ1) is 23.4. The SMILES string of the molecule is CCc1nncn1CCNC(=NC)NCc1ccc(N2CCC(C)CC2)nc1.I. The first-order valence-electron chi connectivity index (χ1n) is 10.2. The zero-order valence-corrected chi connectivity index (χ0v) is 20.0. The Morgan fingerprint density at radius 2 is 2.03 bits per heavy atom. The van der Waals surface area contributed by atoms with Crippen LogP contribution in [0.25, 0.3) is 0 Å². The summed E-state index contributed by atoms with van der Waals surface area (Å²) in [6.45, 7) is 8.88. The molecule has 1 saturated heterocycles. The Kier molecular flexibility index (Phi) is 9.62.